The van der Waals surface area contributed by atoms with Crippen LogP contribution in [0.5, 0.6) is 0 Å². The number of thiazole rings is 1. The molecule has 180 valence electrons. The summed E-state index contributed by atoms with van der Waals surface area (Å²) in [5.41, 5.74) is 0.782. The van der Waals surface area contributed by atoms with Crippen molar-refractivity contribution in [2.75, 3.05) is 39.2 Å². The first kappa shape index (κ1) is 24.0. The van der Waals surface area contributed by atoms with E-state index in [4.69, 9.17) is 4.74 Å². The first-order chi connectivity index (χ1) is 16.4. The summed E-state index contributed by atoms with van der Waals surface area (Å²) in [6.45, 7) is 1.88. The number of aromatic nitrogens is 3. The molecule has 2 amide bonds. The molecule has 3 aromatic rings. The van der Waals surface area contributed by atoms with Gasteiger partial charge in [0.15, 0.2) is 0 Å². The smallest absolute Gasteiger partial charge is 0.255 e. The predicted octanol–water partition coefficient (Wildman–Crippen LogP) is 2.65. The van der Waals surface area contributed by atoms with Crippen molar-refractivity contribution in [2.24, 2.45) is 0 Å². The second-order valence-electron chi connectivity index (χ2n) is 8.38. The molecule has 9 nitrogen and oxygen atoms in total. The number of rotatable bonds is 9. The van der Waals surface area contributed by atoms with E-state index >= 15 is 0 Å². The molecule has 0 bridgehead atoms. The summed E-state index contributed by atoms with van der Waals surface area (Å²) in [7, 11) is 3.41. The number of likely N-dealkylation sites (N-methyl/N-ethyl adjacent to an activating group) is 1. The molecule has 1 aliphatic heterocycles. The largest absolute Gasteiger partial charge is 0.370 e. The third-order valence-corrected chi connectivity index (χ3v) is 6.45. The predicted molar refractivity (Wildman–Crippen MR) is 126 cm³/mol. The van der Waals surface area contributed by atoms with Crippen LogP contribution < -0.4 is 5.32 Å². The fourth-order valence-corrected chi connectivity index (χ4v) is 4.51. The maximum atomic E-state index is 13.4. The number of amides is 2. The Hall–Kier alpha value is -3.15. The molecule has 0 aliphatic carbocycles. The number of nitrogens with one attached hydrogen (secondary N) is 1. The normalized spacial score (nSPS) is 18.2. The van der Waals surface area contributed by atoms with Crippen LogP contribution in [0, 0.1) is 5.82 Å². The van der Waals surface area contributed by atoms with E-state index in [1.807, 2.05) is 10.1 Å². The highest BCUT2D eigenvalue weighted by atomic mass is 32.1. The molecule has 0 radical (unpaired) electrons. The number of carbonyl (C=O) groups is 2. The Morgan fingerprint density at radius 1 is 1.35 bits per heavy atom. The van der Waals surface area contributed by atoms with Crippen LogP contribution in [0.4, 0.5) is 10.1 Å². The minimum atomic E-state index is -0.463. The Kier molecular flexibility index (Phi) is 7.66. The molecule has 1 saturated heterocycles. The highest BCUT2D eigenvalue weighted by molar-refractivity contribution is 7.09. The van der Waals surface area contributed by atoms with E-state index in [1.54, 1.807) is 50.1 Å². The summed E-state index contributed by atoms with van der Waals surface area (Å²) in [5.74, 6) is -0.936. The SMILES string of the molecule is CN(C)C(=O)COC[C@@H]1C[C@H](n2cc(NC(=O)c3cccc(F)c3)cn2)CN1Cc1nccs1. The van der Waals surface area contributed by atoms with Crippen molar-refractivity contribution in [3.63, 3.8) is 0 Å². The van der Waals surface area contributed by atoms with Crippen LogP contribution in [0.2, 0.25) is 0 Å². The van der Waals surface area contributed by atoms with Gasteiger partial charge in [-0.05, 0) is 24.6 Å². The zero-order valence-corrected chi connectivity index (χ0v) is 19.9. The molecule has 0 saturated carbocycles. The summed E-state index contributed by atoms with van der Waals surface area (Å²) >= 11 is 1.60. The molecule has 0 unspecified atom stereocenters. The summed E-state index contributed by atoms with van der Waals surface area (Å²) in [6, 6.07) is 5.71. The van der Waals surface area contributed by atoms with Crippen LogP contribution in [0.1, 0.15) is 27.8 Å². The van der Waals surface area contributed by atoms with Crippen molar-refractivity contribution in [3.05, 3.63) is 64.6 Å². The average Bonchev–Trinajstić information content (AvgIpc) is 3.56. The van der Waals surface area contributed by atoms with Gasteiger partial charge in [0.05, 0.1) is 31.1 Å². The Morgan fingerprint density at radius 3 is 2.94 bits per heavy atom. The van der Waals surface area contributed by atoms with Crippen LogP contribution in [-0.4, -0.2) is 76.3 Å². The van der Waals surface area contributed by atoms with E-state index in [0.717, 1.165) is 18.0 Å². The lowest BCUT2D eigenvalue weighted by Gasteiger charge is -2.23. The minimum Gasteiger partial charge on any atom is -0.370 e. The molecule has 3 heterocycles. The zero-order chi connectivity index (χ0) is 24.1. The van der Waals surface area contributed by atoms with Crippen LogP contribution >= 0.6 is 11.3 Å². The lowest BCUT2D eigenvalue weighted by Crippen LogP contribution is -2.34. The van der Waals surface area contributed by atoms with E-state index in [2.05, 4.69) is 20.3 Å². The molecule has 34 heavy (non-hydrogen) atoms. The van der Waals surface area contributed by atoms with Gasteiger partial charge in [-0.1, -0.05) is 6.07 Å². The summed E-state index contributed by atoms with van der Waals surface area (Å²) in [5, 5.41) is 10.2. The maximum absolute atomic E-state index is 13.4. The first-order valence-corrected chi connectivity index (χ1v) is 11.8. The van der Waals surface area contributed by atoms with E-state index in [1.165, 1.54) is 23.1 Å². The third kappa shape index (κ3) is 6.04. The van der Waals surface area contributed by atoms with Gasteiger partial charge in [0.1, 0.15) is 17.4 Å². The standard InChI is InChI=1S/C23H27FN6O3S/c1-28(2)22(31)15-33-14-20-9-19(12-29(20)13-21-25-6-7-34-21)30-11-18(10-26-30)27-23(32)16-4-3-5-17(24)8-16/h3-8,10-11,19-20H,9,12-15H2,1-2H3,(H,27,32)/t19-,20-/m0/s1. The van der Waals surface area contributed by atoms with Crippen LogP contribution in [0.3, 0.4) is 0 Å². The third-order valence-electron chi connectivity index (χ3n) is 5.68. The van der Waals surface area contributed by atoms with Crippen molar-refractivity contribution in [1.82, 2.24) is 24.6 Å². The van der Waals surface area contributed by atoms with E-state index < -0.39 is 11.7 Å². The highest BCUT2D eigenvalue weighted by Gasteiger charge is 2.34. The van der Waals surface area contributed by atoms with Gasteiger partial charge in [-0.3, -0.25) is 19.2 Å². The lowest BCUT2D eigenvalue weighted by atomic mass is 10.2. The van der Waals surface area contributed by atoms with Gasteiger partial charge >= 0.3 is 0 Å². The number of halogens is 1. The van der Waals surface area contributed by atoms with Gasteiger partial charge in [0, 0.05) is 50.0 Å². The molecule has 1 fully saturated rings. The molecule has 1 aliphatic rings. The second kappa shape index (κ2) is 10.9. The summed E-state index contributed by atoms with van der Waals surface area (Å²) in [4.78, 5) is 32.5. The van der Waals surface area contributed by atoms with Gasteiger partial charge in [0.25, 0.3) is 5.91 Å². The number of carbonyl (C=O) groups excluding carboxylic acids is 2. The van der Waals surface area contributed by atoms with Crippen LogP contribution in [0.25, 0.3) is 0 Å². The van der Waals surface area contributed by atoms with E-state index in [0.29, 0.717) is 18.8 Å². The highest BCUT2D eigenvalue weighted by Crippen LogP contribution is 2.30. The maximum Gasteiger partial charge on any atom is 0.255 e. The summed E-state index contributed by atoms with van der Waals surface area (Å²) in [6.07, 6.45) is 5.93. The molecule has 2 atom stereocenters. The van der Waals surface area contributed by atoms with Gasteiger partial charge < -0.3 is 15.0 Å². The fourth-order valence-electron chi connectivity index (χ4n) is 3.87. The average molecular weight is 487 g/mol. The van der Waals surface area contributed by atoms with Gasteiger partial charge in [0.2, 0.25) is 5.91 Å². The van der Waals surface area contributed by atoms with Gasteiger partial charge in [-0.2, -0.15) is 5.10 Å². The second-order valence-corrected chi connectivity index (χ2v) is 9.35. The number of hydrogen-bond acceptors (Lipinski definition) is 7. The van der Waals surface area contributed by atoms with Crippen molar-refractivity contribution >= 4 is 28.8 Å². The van der Waals surface area contributed by atoms with E-state index in [-0.39, 0.29) is 30.2 Å². The van der Waals surface area contributed by atoms with Crippen molar-refractivity contribution in [3.8, 4) is 0 Å². The van der Waals surface area contributed by atoms with Crippen molar-refractivity contribution in [1.29, 1.82) is 0 Å². The Bertz CT molecular complexity index is 1120. The number of nitrogens with zero attached hydrogens (tertiary/aromatic N) is 5. The molecule has 2 aromatic heterocycles. The lowest BCUT2D eigenvalue weighted by molar-refractivity contribution is -0.134. The number of benzene rings is 1. The van der Waals surface area contributed by atoms with Gasteiger partial charge in [-0.15, -0.1) is 11.3 Å². The minimum absolute atomic E-state index is 0.0390. The van der Waals surface area contributed by atoms with Crippen LogP contribution in [-0.2, 0) is 16.1 Å². The zero-order valence-electron chi connectivity index (χ0n) is 19.1. The fraction of sp³-hybridized carbons (Fsp3) is 0.391. The number of likely N-dealkylation sites (tertiary alicyclic amines) is 1. The van der Waals surface area contributed by atoms with Crippen LogP contribution in [0.15, 0.2) is 48.2 Å². The number of ether oxygens (including phenoxy) is 1. The molecule has 11 heteroatoms. The Labute approximate surface area is 201 Å². The Balaban J connectivity index is 1.40. The quantitative estimate of drug-likeness (QED) is 0.500. The molecule has 0 spiro atoms. The summed E-state index contributed by atoms with van der Waals surface area (Å²) < 4.78 is 21.0. The van der Waals surface area contributed by atoms with Gasteiger partial charge in [-0.25, -0.2) is 9.37 Å². The number of hydrogen-bond donors (Lipinski definition) is 1. The Morgan fingerprint density at radius 2 is 2.21 bits per heavy atom. The van der Waals surface area contributed by atoms with Crippen molar-refractivity contribution in [2.45, 2.75) is 25.0 Å². The molecule has 1 aromatic carbocycles. The molecular weight excluding hydrogens is 459 g/mol. The topological polar surface area (TPSA) is 92.6 Å². The first-order valence-electron chi connectivity index (χ1n) is 10.9. The molecule has 4 rings (SSSR count). The van der Waals surface area contributed by atoms with E-state index in [9.17, 15) is 14.0 Å². The molecular formula is C23H27FN6O3S. The number of anilines is 1. The monoisotopic (exact) mass is 486 g/mol. The molecule has 1 N–H and O–H groups in total. The van der Waals surface area contributed by atoms with Crippen molar-refractivity contribution < 1.29 is 18.7 Å².